The number of isocyanates is 1. The first kappa shape index (κ1) is 13.4. The van der Waals surface area contributed by atoms with Gasteiger partial charge in [0.2, 0.25) is 6.08 Å². The van der Waals surface area contributed by atoms with E-state index >= 15 is 0 Å². The van der Waals surface area contributed by atoms with Gasteiger partial charge in [0.1, 0.15) is 5.75 Å². The van der Waals surface area contributed by atoms with Gasteiger partial charge in [-0.3, -0.25) is 0 Å². The minimum absolute atomic E-state index is 0.483. The zero-order valence-corrected chi connectivity index (χ0v) is 10.6. The fourth-order valence-electron chi connectivity index (χ4n) is 1.68. The molecule has 0 fully saturated rings. The minimum Gasteiger partial charge on any atom is -0.496 e. The molecule has 1 aromatic carbocycles. The molecule has 0 heterocycles. The monoisotopic (exact) mass is 234 g/mol. The van der Waals surface area contributed by atoms with E-state index in [2.05, 4.69) is 16.0 Å². The zero-order chi connectivity index (χ0) is 12.7. The van der Waals surface area contributed by atoms with Gasteiger partial charge in [0.05, 0.1) is 13.7 Å². The van der Waals surface area contributed by atoms with Crippen molar-refractivity contribution in [2.45, 2.75) is 13.0 Å². The Morgan fingerprint density at radius 2 is 2.18 bits per heavy atom. The van der Waals surface area contributed by atoms with E-state index < -0.39 is 0 Å². The van der Waals surface area contributed by atoms with Crippen LogP contribution in [0.3, 0.4) is 0 Å². The van der Waals surface area contributed by atoms with Crippen molar-refractivity contribution in [1.29, 1.82) is 0 Å². The standard InChI is InChI=1S/C13H18N2O2/c1-15(2)9-12-8-11(6-7-14-10-16)4-5-13(12)17-3/h4-5,8H,6-7,9H2,1-3H3. The Balaban J connectivity index is 2.83. The molecule has 1 rings (SSSR count). The van der Waals surface area contributed by atoms with Crippen molar-refractivity contribution in [3.05, 3.63) is 29.3 Å². The molecule has 0 bridgehead atoms. The summed E-state index contributed by atoms with van der Waals surface area (Å²) in [6.07, 6.45) is 2.30. The summed E-state index contributed by atoms with van der Waals surface area (Å²) in [5.74, 6) is 0.890. The van der Waals surface area contributed by atoms with E-state index in [0.29, 0.717) is 6.54 Å². The van der Waals surface area contributed by atoms with E-state index in [4.69, 9.17) is 4.74 Å². The third kappa shape index (κ3) is 4.39. The van der Waals surface area contributed by atoms with Crippen LogP contribution in [-0.2, 0) is 17.8 Å². The number of nitrogens with zero attached hydrogens (tertiary/aromatic N) is 2. The van der Waals surface area contributed by atoms with E-state index in [0.717, 1.165) is 29.8 Å². The number of rotatable bonds is 6. The van der Waals surface area contributed by atoms with E-state index in [1.807, 2.05) is 26.2 Å². The highest BCUT2D eigenvalue weighted by molar-refractivity contribution is 5.38. The Hall–Kier alpha value is -1.64. The lowest BCUT2D eigenvalue weighted by Gasteiger charge is -2.14. The first-order valence-electron chi connectivity index (χ1n) is 5.51. The van der Waals surface area contributed by atoms with Gasteiger partial charge in [-0.25, -0.2) is 9.79 Å². The number of ether oxygens (including phenoxy) is 1. The highest BCUT2D eigenvalue weighted by Gasteiger charge is 2.05. The van der Waals surface area contributed by atoms with Crippen LogP contribution in [0, 0.1) is 0 Å². The predicted octanol–water partition coefficient (Wildman–Crippen LogP) is 1.64. The second-order valence-electron chi connectivity index (χ2n) is 4.11. The van der Waals surface area contributed by atoms with Crippen LogP contribution in [0.2, 0.25) is 0 Å². The Bertz CT molecular complexity index is 410. The largest absolute Gasteiger partial charge is 0.496 e. The lowest BCUT2D eigenvalue weighted by Crippen LogP contribution is -2.12. The van der Waals surface area contributed by atoms with Gasteiger partial charge in [0, 0.05) is 12.1 Å². The summed E-state index contributed by atoms with van der Waals surface area (Å²) in [4.78, 5) is 15.6. The van der Waals surface area contributed by atoms with Crippen molar-refractivity contribution in [1.82, 2.24) is 4.90 Å². The minimum atomic E-state index is 0.483. The fourth-order valence-corrected chi connectivity index (χ4v) is 1.68. The molecule has 0 aliphatic heterocycles. The molecule has 0 N–H and O–H groups in total. The average molecular weight is 234 g/mol. The smallest absolute Gasteiger partial charge is 0.234 e. The van der Waals surface area contributed by atoms with Gasteiger partial charge >= 0.3 is 0 Å². The number of aliphatic imine (C=N–C) groups is 1. The number of hydrogen-bond donors (Lipinski definition) is 0. The topological polar surface area (TPSA) is 41.9 Å². The molecular formula is C13H18N2O2. The van der Waals surface area contributed by atoms with Crippen molar-refractivity contribution < 1.29 is 9.53 Å². The molecule has 0 radical (unpaired) electrons. The predicted molar refractivity (Wildman–Crippen MR) is 67.1 cm³/mol. The van der Waals surface area contributed by atoms with Crippen molar-refractivity contribution in [2.75, 3.05) is 27.7 Å². The molecular weight excluding hydrogens is 216 g/mol. The Morgan fingerprint density at radius 3 is 2.76 bits per heavy atom. The molecule has 4 heteroatoms. The lowest BCUT2D eigenvalue weighted by atomic mass is 10.1. The van der Waals surface area contributed by atoms with Crippen LogP contribution in [0.15, 0.2) is 23.2 Å². The fraction of sp³-hybridized carbons (Fsp3) is 0.462. The lowest BCUT2D eigenvalue weighted by molar-refractivity contribution is 0.371. The number of carbonyl (C=O) groups excluding carboxylic acids is 1. The van der Waals surface area contributed by atoms with Gasteiger partial charge in [-0.1, -0.05) is 12.1 Å². The first-order valence-corrected chi connectivity index (χ1v) is 5.51. The Kier molecular flexibility index (Phi) is 5.40. The molecule has 1 aromatic rings. The van der Waals surface area contributed by atoms with Crippen LogP contribution < -0.4 is 4.74 Å². The molecule has 0 atom stereocenters. The molecule has 0 saturated heterocycles. The molecule has 0 aromatic heterocycles. The average Bonchev–Trinajstić information content (AvgIpc) is 2.29. The maximum absolute atomic E-state index is 9.99. The van der Waals surface area contributed by atoms with Crippen LogP contribution in [0.5, 0.6) is 5.75 Å². The zero-order valence-electron chi connectivity index (χ0n) is 10.6. The molecule has 0 spiro atoms. The molecule has 4 nitrogen and oxygen atoms in total. The van der Waals surface area contributed by atoms with Gasteiger partial charge in [0.25, 0.3) is 0 Å². The highest BCUT2D eigenvalue weighted by atomic mass is 16.5. The van der Waals surface area contributed by atoms with Gasteiger partial charge in [-0.2, -0.15) is 0 Å². The van der Waals surface area contributed by atoms with Crippen molar-refractivity contribution >= 4 is 6.08 Å². The second-order valence-corrected chi connectivity index (χ2v) is 4.11. The number of hydrogen-bond acceptors (Lipinski definition) is 4. The van der Waals surface area contributed by atoms with Gasteiger partial charge in [-0.15, -0.1) is 0 Å². The summed E-state index contributed by atoms with van der Waals surface area (Å²) in [7, 11) is 5.70. The molecule has 0 aliphatic carbocycles. The third-order valence-corrected chi connectivity index (χ3v) is 2.41. The number of methoxy groups -OCH3 is 1. The van der Waals surface area contributed by atoms with Crippen LogP contribution in [0.25, 0.3) is 0 Å². The van der Waals surface area contributed by atoms with E-state index in [-0.39, 0.29) is 0 Å². The van der Waals surface area contributed by atoms with Crippen LogP contribution in [-0.4, -0.2) is 38.7 Å². The van der Waals surface area contributed by atoms with Crippen molar-refractivity contribution in [2.24, 2.45) is 4.99 Å². The van der Waals surface area contributed by atoms with E-state index in [9.17, 15) is 4.79 Å². The maximum Gasteiger partial charge on any atom is 0.234 e. The van der Waals surface area contributed by atoms with Crippen LogP contribution >= 0.6 is 0 Å². The molecule has 0 saturated carbocycles. The summed E-state index contributed by atoms with van der Waals surface area (Å²) in [6, 6.07) is 6.05. The second kappa shape index (κ2) is 6.84. The molecule has 0 aliphatic rings. The van der Waals surface area contributed by atoms with Crippen LogP contribution in [0.4, 0.5) is 0 Å². The maximum atomic E-state index is 9.99. The number of benzene rings is 1. The molecule has 0 amide bonds. The molecule has 17 heavy (non-hydrogen) atoms. The van der Waals surface area contributed by atoms with Gasteiger partial charge in [-0.05, 0) is 32.1 Å². The van der Waals surface area contributed by atoms with E-state index in [1.165, 1.54) is 0 Å². The molecule has 92 valence electrons. The normalized spacial score (nSPS) is 10.1. The molecule has 0 unspecified atom stereocenters. The quantitative estimate of drug-likeness (QED) is 0.555. The van der Waals surface area contributed by atoms with Crippen molar-refractivity contribution in [3.63, 3.8) is 0 Å². The van der Waals surface area contributed by atoms with E-state index in [1.54, 1.807) is 13.2 Å². The van der Waals surface area contributed by atoms with Gasteiger partial charge < -0.3 is 9.64 Å². The summed E-state index contributed by atoms with van der Waals surface area (Å²) < 4.78 is 5.31. The van der Waals surface area contributed by atoms with Crippen LogP contribution in [0.1, 0.15) is 11.1 Å². The van der Waals surface area contributed by atoms with Crippen molar-refractivity contribution in [3.8, 4) is 5.75 Å². The summed E-state index contributed by atoms with van der Waals surface area (Å²) in [6.45, 7) is 1.31. The Morgan fingerprint density at radius 1 is 1.41 bits per heavy atom. The first-order chi connectivity index (χ1) is 8.17. The summed E-state index contributed by atoms with van der Waals surface area (Å²) in [5, 5.41) is 0. The highest BCUT2D eigenvalue weighted by Crippen LogP contribution is 2.21. The third-order valence-electron chi connectivity index (χ3n) is 2.41. The summed E-state index contributed by atoms with van der Waals surface area (Å²) in [5.41, 5.74) is 2.30. The van der Waals surface area contributed by atoms with Gasteiger partial charge in [0.15, 0.2) is 0 Å². The summed E-state index contributed by atoms with van der Waals surface area (Å²) >= 11 is 0. The Labute approximate surface area is 102 Å². The SMILES string of the molecule is COc1ccc(CCN=C=O)cc1CN(C)C.